The van der Waals surface area contributed by atoms with Crippen molar-refractivity contribution in [1.29, 1.82) is 0 Å². The predicted molar refractivity (Wildman–Crippen MR) is 91.5 cm³/mol. The Bertz CT molecular complexity index is 396. The molecule has 1 atom stereocenters. The van der Waals surface area contributed by atoms with E-state index in [0.29, 0.717) is 6.04 Å². The maximum absolute atomic E-state index is 3.78. The first-order valence-electron chi connectivity index (χ1n) is 7.70. The van der Waals surface area contributed by atoms with Gasteiger partial charge in [0.25, 0.3) is 0 Å². The summed E-state index contributed by atoms with van der Waals surface area (Å²) in [6.07, 6.45) is 8.29. The van der Waals surface area contributed by atoms with E-state index in [1.807, 2.05) is 0 Å². The molecular formula is C17H26IN. The normalized spacial score (nSPS) is 17.8. The number of rotatable bonds is 6. The van der Waals surface area contributed by atoms with E-state index in [1.54, 1.807) is 0 Å². The Hall–Kier alpha value is -0.0900. The van der Waals surface area contributed by atoms with Crippen LogP contribution in [0.25, 0.3) is 0 Å². The minimum Gasteiger partial charge on any atom is -0.310 e. The average Bonchev–Trinajstić information content (AvgIpc) is 2.91. The first kappa shape index (κ1) is 15.3. The van der Waals surface area contributed by atoms with Crippen LogP contribution in [-0.4, -0.2) is 6.54 Å². The second-order valence-corrected chi connectivity index (χ2v) is 6.95. The fourth-order valence-corrected chi connectivity index (χ4v) is 3.89. The molecule has 0 radical (unpaired) electrons. The van der Waals surface area contributed by atoms with E-state index >= 15 is 0 Å². The SMILES string of the molecule is CCCNC(CC1CCCC1)c1cccc(C)c1I. The van der Waals surface area contributed by atoms with E-state index in [1.165, 1.54) is 53.2 Å². The first-order chi connectivity index (χ1) is 9.22. The van der Waals surface area contributed by atoms with Crippen LogP contribution in [0.1, 0.15) is 62.6 Å². The van der Waals surface area contributed by atoms with Crippen molar-refractivity contribution in [1.82, 2.24) is 5.32 Å². The number of benzene rings is 1. The molecule has 0 amide bonds. The summed E-state index contributed by atoms with van der Waals surface area (Å²) in [6.45, 7) is 5.60. The highest BCUT2D eigenvalue weighted by Crippen LogP contribution is 2.34. The highest BCUT2D eigenvalue weighted by atomic mass is 127. The second-order valence-electron chi connectivity index (χ2n) is 5.87. The molecular weight excluding hydrogens is 345 g/mol. The summed E-state index contributed by atoms with van der Waals surface area (Å²) in [5.41, 5.74) is 2.92. The van der Waals surface area contributed by atoms with Crippen LogP contribution >= 0.6 is 22.6 Å². The van der Waals surface area contributed by atoms with E-state index in [2.05, 4.69) is 60.0 Å². The molecule has 1 aliphatic carbocycles. The number of nitrogens with one attached hydrogen (secondary N) is 1. The van der Waals surface area contributed by atoms with Gasteiger partial charge in [-0.1, -0.05) is 50.8 Å². The van der Waals surface area contributed by atoms with Crippen LogP contribution in [0.15, 0.2) is 18.2 Å². The molecule has 1 N–H and O–H groups in total. The number of hydrogen-bond acceptors (Lipinski definition) is 1. The van der Waals surface area contributed by atoms with Gasteiger partial charge in [0.1, 0.15) is 0 Å². The molecule has 0 bridgehead atoms. The zero-order valence-corrected chi connectivity index (χ0v) is 14.4. The van der Waals surface area contributed by atoms with Crippen molar-refractivity contribution in [3.63, 3.8) is 0 Å². The van der Waals surface area contributed by atoms with Crippen LogP contribution in [0.2, 0.25) is 0 Å². The fourth-order valence-electron chi connectivity index (χ4n) is 3.16. The maximum atomic E-state index is 3.78. The summed E-state index contributed by atoms with van der Waals surface area (Å²) in [5, 5.41) is 3.78. The van der Waals surface area contributed by atoms with Gasteiger partial charge in [-0.15, -0.1) is 0 Å². The highest BCUT2D eigenvalue weighted by Gasteiger charge is 2.22. The quantitative estimate of drug-likeness (QED) is 0.676. The van der Waals surface area contributed by atoms with Gasteiger partial charge in [0, 0.05) is 9.61 Å². The zero-order chi connectivity index (χ0) is 13.7. The molecule has 2 rings (SSSR count). The molecule has 1 unspecified atom stereocenters. The molecule has 1 saturated carbocycles. The highest BCUT2D eigenvalue weighted by molar-refractivity contribution is 14.1. The molecule has 0 saturated heterocycles. The lowest BCUT2D eigenvalue weighted by atomic mass is 9.93. The third-order valence-corrected chi connectivity index (χ3v) is 5.76. The van der Waals surface area contributed by atoms with E-state index in [0.717, 1.165) is 12.5 Å². The third-order valence-electron chi connectivity index (χ3n) is 4.28. The first-order valence-corrected chi connectivity index (χ1v) is 8.78. The van der Waals surface area contributed by atoms with E-state index in [4.69, 9.17) is 0 Å². The predicted octanol–water partition coefficient (Wildman–Crippen LogP) is 5.22. The second kappa shape index (κ2) is 7.63. The van der Waals surface area contributed by atoms with Gasteiger partial charge in [0.05, 0.1) is 0 Å². The summed E-state index contributed by atoms with van der Waals surface area (Å²) >= 11 is 2.52. The summed E-state index contributed by atoms with van der Waals surface area (Å²) in [5.74, 6) is 0.936. The molecule has 0 aromatic heterocycles. The van der Waals surface area contributed by atoms with Crippen LogP contribution in [0.3, 0.4) is 0 Å². The van der Waals surface area contributed by atoms with Crippen molar-refractivity contribution in [2.24, 2.45) is 5.92 Å². The summed E-state index contributed by atoms with van der Waals surface area (Å²) < 4.78 is 1.45. The van der Waals surface area contributed by atoms with Crippen LogP contribution in [0.4, 0.5) is 0 Å². The summed E-state index contributed by atoms with van der Waals surface area (Å²) in [7, 11) is 0. The molecule has 0 aliphatic heterocycles. The Kier molecular flexibility index (Phi) is 6.14. The number of hydrogen-bond donors (Lipinski definition) is 1. The van der Waals surface area contributed by atoms with Crippen molar-refractivity contribution in [2.75, 3.05) is 6.54 Å². The molecule has 1 aromatic rings. The molecule has 1 aromatic carbocycles. The molecule has 2 heteroatoms. The molecule has 1 fully saturated rings. The van der Waals surface area contributed by atoms with Gasteiger partial charge in [0.2, 0.25) is 0 Å². The summed E-state index contributed by atoms with van der Waals surface area (Å²) in [6, 6.07) is 7.30. The minimum absolute atomic E-state index is 0.551. The maximum Gasteiger partial charge on any atom is 0.0333 e. The lowest BCUT2D eigenvalue weighted by Crippen LogP contribution is -2.25. The number of halogens is 1. The third kappa shape index (κ3) is 4.19. The Balaban J connectivity index is 2.13. The van der Waals surface area contributed by atoms with Crippen LogP contribution in [0, 0.1) is 16.4 Å². The largest absolute Gasteiger partial charge is 0.310 e. The van der Waals surface area contributed by atoms with Crippen molar-refractivity contribution >= 4 is 22.6 Å². The van der Waals surface area contributed by atoms with Gasteiger partial charge in [-0.25, -0.2) is 0 Å². The molecule has 0 heterocycles. The molecule has 19 heavy (non-hydrogen) atoms. The van der Waals surface area contributed by atoms with Gasteiger partial charge in [-0.05, 0) is 65.9 Å². The van der Waals surface area contributed by atoms with Crippen molar-refractivity contribution in [3.05, 3.63) is 32.9 Å². The van der Waals surface area contributed by atoms with Gasteiger partial charge in [-0.2, -0.15) is 0 Å². The van der Waals surface area contributed by atoms with Crippen molar-refractivity contribution < 1.29 is 0 Å². The summed E-state index contributed by atoms with van der Waals surface area (Å²) in [4.78, 5) is 0. The van der Waals surface area contributed by atoms with Crippen molar-refractivity contribution in [3.8, 4) is 0 Å². The minimum atomic E-state index is 0.551. The van der Waals surface area contributed by atoms with Crippen LogP contribution in [-0.2, 0) is 0 Å². The average molecular weight is 371 g/mol. The molecule has 1 aliphatic rings. The standard InChI is InChI=1S/C17H26IN/c1-3-11-19-16(12-14-8-4-5-9-14)15-10-6-7-13(2)17(15)18/h6-7,10,14,16,19H,3-5,8-9,11-12H2,1-2H3. The topological polar surface area (TPSA) is 12.0 Å². The smallest absolute Gasteiger partial charge is 0.0333 e. The molecule has 0 spiro atoms. The Morgan fingerprint density at radius 1 is 1.32 bits per heavy atom. The fraction of sp³-hybridized carbons (Fsp3) is 0.647. The van der Waals surface area contributed by atoms with Gasteiger partial charge < -0.3 is 5.32 Å². The Morgan fingerprint density at radius 3 is 2.74 bits per heavy atom. The zero-order valence-electron chi connectivity index (χ0n) is 12.2. The lowest BCUT2D eigenvalue weighted by molar-refractivity contribution is 0.394. The molecule has 1 nitrogen and oxygen atoms in total. The van der Waals surface area contributed by atoms with E-state index in [9.17, 15) is 0 Å². The van der Waals surface area contributed by atoms with Gasteiger partial charge >= 0.3 is 0 Å². The van der Waals surface area contributed by atoms with E-state index in [-0.39, 0.29) is 0 Å². The van der Waals surface area contributed by atoms with Gasteiger partial charge in [0.15, 0.2) is 0 Å². The van der Waals surface area contributed by atoms with E-state index < -0.39 is 0 Å². The Labute approximate surface area is 131 Å². The monoisotopic (exact) mass is 371 g/mol. The van der Waals surface area contributed by atoms with Crippen molar-refractivity contribution in [2.45, 2.75) is 58.4 Å². The Morgan fingerprint density at radius 2 is 2.05 bits per heavy atom. The van der Waals surface area contributed by atoms with Crippen LogP contribution in [0.5, 0.6) is 0 Å². The van der Waals surface area contributed by atoms with Gasteiger partial charge in [-0.3, -0.25) is 0 Å². The molecule has 106 valence electrons. The van der Waals surface area contributed by atoms with Crippen LogP contribution < -0.4 is 5.32 Å². The lowest BCUT2D eigenvalue weighted by Gasteiger charge is -2.24. The number of aryl methyl sites for hydroxylation is 1.